The average molecular weight is 286 g/mol. The van der Waals surface area contributed by atoms with Crippen LogP contribution in [0.15, 0.2) is 22.7 Å². The molecule has 0 unspecified atom stereocenters. The molecule has 0 atom stereocenters. The lowest BCUT2D eigenvalue weighted by molar-refractivity contribution is 0.0954. The normalized spacial score (nSPS) is 10.7. The van der Waals surface area contributed by atoms with E-state index >= 15 is 0 Å². The maximum atomic E-state index is 12.3. The molecular weight excluding hydrogens is 277 g/mol. The summed E-state index contributed by atoms with van der Waals surface area (Å²) in [6.07, 6.45) is 0. The predicted octanol–water partition coefficient (Wildman–Crippen LogP) is 3.09. The summed E-state index contributed by atoms with van der Waals surface area (Å²) in [5.74, 6) is 0.119. The number of ether oxygens (including phenoxy) is 1. The number of aromatic amines is 1. The first-order chi connectivity index (χ1) is 7.67. The molecule has 0 spiro atoms. The predicted molar refractivity (Wildman–Crippen MR) is 62.9 cm³/mol. The SMILES string of the molecule is COc1ccc2[nH]c(C(=O)CF)c(Br)c2c1. The molecule has 0 aliphatic heterocycles. The van der Waals surface area contributed by atoms with E-state index in [0.29, 0.717) is 10.2 Å². The highest BCUT2D eigenvalue weighted by Crippen LogP contribution is 2.31. The van der Waals surface area contributed by atoms with Crippen LogP contribution in [0.4, 0.5) is 4.39 Å². The number of nitrogens with one attached hydrogen (secondary N) is 1. The van der Waals surface area contributed by atoms with Crippen LogP contribution in [0.3, 0.4) is 0 Å². The molecule has 1 N–H and O–H groups in total. The van der Waals surface area contributed by atoms with E-state index in [0.717, 1.165) is 10.9 Å². The molecule has 2 rings (SSSR count). The van der Waals surface area contributed by atoms with Crippen molar-refractivity contribution >= 4 is 32.6 Å². The van der Waals surface area contributed by atoms with Crippen LogP contribution in [0.25, 0.3) is 10.9 Å². The van der Waals surface area contributed by atoms with Crippen molar-refractivity contribution in [1.82, 2.24) is 4.98 Å². The Balaban J connectivity index is 2.64. The maximum absolute atomic E-state index is 12.3. The zero-order valence-corrected chi connectivity index (χ0v) is 10.1. The number of alkyl halides is 1. The van der Waals surface area contributed by atoms with Crippen molar-refractivity contribution < 1.29 is 13.9 Å². The highest BCUT2D eigenvalue weighted by atomic mass is 79.9. The molecule has 0 bridgehead atoms. The molecule has 3 nitrogen and oxygen atoms in total. The smallest absolute Gasteiger partial charge is 0.211 e. The largest absolute Gasteiger partial charge is 0.497 e. The minimum atomic E-state index is -1.01. The quantitative estimate of drug-likeness (QED) is 0.881. The summed E-state index contributed by atoms with van der Waals surface area (Å²) in [6, 6.07) is 5.34. The van der Waals surface area contributed by atoms with Gasteiger partial charge < -0.3 is 9.72 Å². The number of methoxy groups -OCH3 is 1. The van der Waals surface area contributed by atoms with Gasteiger partial charge in [0.2, 0.25) is 5.78 Å². The van der Waals surface area contributed by atoms with Gasteiger partial charge in [-0.05, 0) is 34.1 Å². The molecule has 1 heterocycles. The Morgan fingerprint density at radius 1 is 1.56 bits per heavy atom. The van der Waals surface area contributed by atoms with Gasteiger partial charge >= 0.3 is 0 Å². The van der Waals surface area contributed by atoms with Gasteiger partial charge in [-0.2, -0.15) is 0 Å². The lowest BCUT2D eigenvalue weighted by Crippen LogP contribution is -2.01. The van der Waals surface area contributed by atoms with E-state index in [1.807, 2.05) is 0 Å². The van der Waals surface area contributed by atoms with E-state index in [4.69, 9.17) is 4.74 Å². The van der Waals surface area contributed by atoms with Gasteiger partial charge in [-0.1, -0.05) is 0 Å². The van der Waals surface area contributed by atoms with Crippen molar-refractivity contribution in [2.75, 3.05) is 13.8 Å². The Morgan fingerprint density at radius 3 is 2.94 bits per heavy atom. The van der Waals surface area contributed by atoms with E-state index in [-0.39, 0.29) is 5.69 Å². The van der Waals surface area contributed by atoms with Crippen molar-refractivity contribution in [1.29, 1.82) is 0 Å². The van der Waals surface area contributed by atoms with E-state index in [2.05, 4.69) is 20.9 Å². The fraction of sp³-hybridized carbons (Fsp3) is 0.182. The summed E-state index contributed by atoms with van der Waals surface area (Å²) in [4.78, 5) is 14.2. The van der Waals surface area contributed by atoms with Crippen molar-refractivity contribution in [3.63, 3.8) is 0 Å². The van der Waals surface area contributed by atoms with Gasteiger partial charge in [-0.25, -0.2) is 4.39 Å². The van der Waals surface area contributed by atoms with Crippen molar-refractivity contribution in [3.05, 3.63) is 28.4 Å². The number of rotatable bonds is 3. The number of H-pyrrole nitrogens is 1. The Kier molecular flexibility index (Phi) is 2.96. The third kappa shape index (κ3) is 1.71. The van der Waals surface area contributed by atoms with Crippen molar-refractivity contribution in [3.8, 4) is 5.75 Å². The van der Waals surface area contributed by atoms with Crippen LogP contribution in [0, 0.1) is 0 Å². The molecule has 16 heavy (non-hydrogen) atoms. The van der Waals surface area contributed by atoms with Crippen LogP contribution in [0.5, 0.6) is 5.75 Å². The second-order valence-electron chi connectivity index (χ2n) is 3.28. The van der Waals surface area contributed by atoms with Crippen molar-refractivity contribution in [2.24, 2.45) is 0 Å². The Labute approximate surface area is 99.7 Å². The third-order valence-electron chi connectivity index (χ3n) is 2.34. The summed E-state index contributed by atoms with van der Waals surface area (Å²) in [5.41, 5.74) is 1.02. The van der Waals surface area contributed by atoms with Crippen LogP contribution in [0.1, 0.15) is 10.5 Å². The molecule has 0 fully saturated rings. The summed E-state index contributed by atoms with van der Waals surface area (Å²) in [5, 5.41) is 0.802. The first-order valence-electron chi connectivity index (χ1n) is 4.61. The number of fused-ring (bicyclic) bond motifs is 1. The first kappa shape index (κ1) is 11.1. The maximum Gasteiger partial charge on any atom is 0.211 e. The highest BCUT2D eigenvalue weighted by molar-refractivity contribution is 9.10. The lowest BCUT2D eigenvalue weighted by atomic mass is 10.2. The zero-order valence-electron chi connectivity index (χ0n) is 8.51. The monoisotopic (exact) mass is 285 g/mol. The van der Waals surface area contributed by atoms with Gasteiger partial charge in [-0.3, -0.25) is 4.79 Å². The minimum Gasteiger partial charge on any atom is -0.497 e. The van der Waals surface area contributed by atoms with Crippen LogP contribution in [-0.4, -0.2) is 24.6 Å². The standard InChI is InChI=1S/C11H9BrFNO2/c1-16-6-2-3-8-7(4-6)10(12)11(14-8)9(15)5-13/h2-4,14H,5H2,1H3. The van der Waals surface area contributed by atoms with E-state index in [1.54, 1.807) is 25.3 Å². The molecule has 0 amide bonds. The minimum absolute atomic E-state index is 0.255. The second-order valence-corrected chi connectivity index (χ2v) is 4.08. The number of carbonyl (C=O) groups is 1. The van der Waals surface area contributed by atoms with Gasteiger partial charge in [0.15, 0.2) is 6.67 Å². The van der Waals surface area contributed by atoms with Gasteiger partial charge in [0, 0.05) is 10.9 Å². The summed E-state index contributed by atoms with van der Waals surface area (Å²) in [6.45, 7) is -1.01. The number of hydrogen-bond acceptors (Lipinski definition) is 2. The van der Waals surface area contributed by atoms with E-state index in [1.165, 1.54) is 0 Å². The molecule has 0 saturated carbocycles. The number of ketones is 1. The molecule has 0 aliphatic carbocycles. The number of halogens is 2. The number of Topliss-reactive ketones (excluding diaryl/α,β-unsaturated/α-hetero) is 1. The summed E-state index contributed by atoms with van der Waals surface area (Å²) < 4.78 is 18.0. The van der Waals surface area contributed by atoms with Gasteiger partial charge in [0.25, 0.3) is 0 Å². The lowest BCUT2D eigenvalue weighted by Gasteiger charge is -1.98. The van der Waals surface area contributed by atoms with Gasteiger partial charge in [0.1, 0.15) is 11.4 Å². The van der Waals surface area contributed by atoms with Crippen LogP contribution < -0.4 is 4.74 Å². The fourth-order valence-corrected chi connectivity index (χ4v) is 2.17. The number of aromatic nitrogens is 1. The van der Waals surface area contributed by atoms with E-state index in [9.17, 15) is 9.18 Å². The molecule has 2 aromatic rings. The van der Waals surface area contributed by atoms with Crippen LogP contribution in [-0.2, 0) is 0 Å². The molecule has 84 valence electrons. The van der Waals surface area contributed by atoms with Crippen LogP contribution >= 0.6 is 15.9 Å². The van der Waals surface area contributed by atoms with Crippen molar-refractivity contribution in [2.45, 2.75) is 0 Å². The molecule has 0 radical (unpaired) electrons. The molecule has 0 saturated heterocycles. The number of carbonyl (C=O) groups excluding carboxylic acids is 1. The molecule has 1 aromatic heterocycles. The third-order valence-corrected chi connectivity index (χ3v) is 3.17. The van der Waals surface area contributed by atoms with Gasteiger partial charge in [0.05, 0.1) is 11.6 Å². The highest BCUT2D eigenvalue weighted by Gasteiger charge is 2.15. The topological polar surface area (TPSA) is 42.1 Å². The summed E-state index contributed by atoms with van der Waals surface area (Å²) in [7, 11) is 1.56. The molecular formula is C11H9BrFNO2. The Bertz CT molecular complexity index is 550. The van der Waals surface area contributed by atoms with Crippen LogP contribution in [0.2, 0.25) is 0 Å². The second kappa shape index (κ2) is 4.25. The fourth-order valence-electron chi connectivity index (χ4n) is 1.52. The Hall–Kier alpha value is -1.36. The number of benzene rings is 1. The van der Waals surface area contributed by atoms with E-state index < -0.39 is 12.5 Å². The summed E-state index contributed by atoms with van der Waals surface area (Å²) >= 11 is 3.28. The average Bonchev–Trinajstić information content (AvgIpc) is 2.65. The Morgan fingerprint density at radius 2 is 2.31 bits per heavy atom. The number of hydrogen-bond donors (Lipinski definition) is 1. The molecule has 5 heteroatoms. The van der Waals surface area contributed by atoms with Gasteiger partial charge in [-0.15, -0.1) is 0 Å². The molecule has 1 aromatic carbocycles. The first-order valence-corrected chi connectivity index (χ1v) is 5.41. The molecule has 0 aliphatic rings. The zero-order chi connectivity index (χ0) is 11.7.